The summed E-state index contributed by atoms with van der Waals surface area (Å²) in [6, 6.07) is 12.0. The van der Waals surface area contributed by atoms with Gasteiger partial charge >= 0.3 is 0 Å². The Labute approximate surface area is 194 Å². The zero-order valence-electron chi connectivity index (χ0n) is 19.3. The summed E-state index contributed by atoms with van der Waals surface area (Å²) in [5, 5.41) is 4.46. The third kappa shape index (κ3) is 4.41. The van der Waals surface area contributed by atoms with E-state index in [-0.39, 0.29) is 5.91 Å². The molecule has 0 unspecified atom stereocenters. The van der Waals surface area contributed by atoms with Crippen LogP contribution in [0.2, 0.25) is 0 Å². The summed E-state index contributed by atoms with van der Waals surface area (Å²) >= 11 is 0. The largest absolute Gasteiger partial charge is 0.354 e. The number of nitrogens with zero attached hydrogens (tertiary/aromatic N) is 8. The predicted molar refractivity (Wildman–Crippen MR) is 128 cm³/mol. The molecule has 0 aliphatic carbocycles. The highest BCUT2D eigenvalue weighted by atomic mass is 16.2. The Morgan fingerprint density at radius 2 is 1.45 bits per heavy atom. The lowest BCUT2D eigenvalue weighted by molar-refractivity contribution is 0.0745. The van der Waals surface area contributed by atoms with Gasteiger partial charge in [-0.05, 0) is 26.1 Å². The molecule has 0 bridgehead atoms. The molecule has 9 nitrogen and oxygen atoms in total. The van der Waals surface area contributed by atoms with E-state index < -0.39 is 0 Å². The fourth-order valence-electron chi connectivity index (χ4n) is 4.48. The Kier molecular flexibility index (Phi) is 5.95. The Hall–Kier alpha value is -3.46. The van der Waals surface area contributed by atoms with Crippen molar-refractivity contribution in [1.29, 1.82) is 0 Å². The van der Waals surface area contributed by atoms with Crippen molar-refractivity contribution in [1.82, 2.24) is 29.5 Å². The number of rotatable bonds is 4. The summed E-state index contributed by atoms with van der Waals surface area (Å²) in [6.07, 6.45) is 3.34. The van der Waals surface area contributed by atoms with Crippen LogP contribution in [0, 0.1) is 6.92 Å². The van der Waals surface area contributed by atoms with Gasteiger partial charge < -0.3 is 19.6 Å². The van der Waals surface area contributed by atoms with Gasteiger partial charge in [0.2, 0.25) is 0 Å². The SMILES string of the molecule is Cc1c(C(=O)N2CCN(c3cc(N4CCN(C)CC4)ncn3)CC2)cnn1-c1ccccc1. The zero-order chi connectivity index (χ0) is 22.8. The zero-order valence-corrected chi connectivity index (χ0v) is 19.3. The molecule has 1 amide bonds. The minimum Gasteiger partial charge on any atom is -0.354 e. The van der Waals surface area contributed by atoms with Gasteiger partial charge in [-0.2, -0.15) is 5.10 Å². The van der Waals surface area contributed by atoms with Gasteiger partial charge in [0, 0.05) is 58.4 Å². The van der Waals surface area contributed by atoms with Crippen LogP contribution in [-0.4, -0.2) is 94.9 Å². The van der Waals surface area contributed by atoms with Crippen molar-refractivity contribution < 1.29 is 4.79 Å². The van der Waals surface area contributed by atoms with Crippen molar-refractivity contribution in [2.24, 2.45) is 0 Å². The van der Waals surface area contributed by atoms with E-state index in [1.807, 2.05) is 46.8 Å². The second kappa shape index (κ2) is 9.19. The lowest BCUT2D eigenvalue weighted by Gasteiger charge is -2.36. The normalized spacial score (nSPS) is 17.5. The molecule has 172 valence electrons. The molecular weight excluding hydrogens is 416 g/mol. The first kappa shape index (κ1) is 21.4. The third-order valence-electron chi connectivity index (χ3n) is 6.60. The van der Waals surface area contributed by atoms with E-state index in [9.17, 15) is 4.79 Å². The number of amides is 1. The van der Waals surface area contributed by atoms with Crippen LogP contribution in [-0.2, 0) is 0 Å². The molecule has 33 heavy (non-hydrogen) atoms. The lowest BCUT2D eigenvalue weighted by Crippen LogP contribution is -2.49. The van der Waals surface area contributed by atoms with Gasteiger partial charge in [-0.1, -0.05) is 18.2 Å². The van der Waals surface area contributed by atoms with Crippen molar-refractivity contribution in [3.63, 3.8) is 0 Å². The first-order valence-corrected chi connectivity index (χ1v) is 11.5. The fourth-order valence-corrected chi connectivity index (χ4v) is 4.48. The molecule has 9 heteroatoms. The van der Waals surface area contributed by atoms with Gasteiger partial charge in [-0.25, -0.2) is 14.6 Å². The quantitative estimate of drug-likeness (QED) is 0.604. The standard InChI is InChI=1S/C24H30N8O/c1-19-21(17-27-32(19)20-6-4-3-5-7-20)24(33)31-14-12-30(13-15-31)23-16-22(25-18-26-23)29-10-8-28(2)9-11-29/h3-7,16-18H,8-15H2,1-2H3. The summed E-state index contributed by atoms with van der Waals surface area (Å²) < 4.78 is 1.82. The topological polar surface area (TPSA) is 73.6 Å². The molecule has 2 aliphatic heterocycles. The van der Waals surface area contributed by atoms with Gasteiger partial charge in [-0.3, -0.25) is 4.79 Å². The predicted octanol–water partition coefficient (Wildman–Crippen LogP) is 1.68. The number of hydrogen-bond acceptors (Lipinski definition) is 7. The second-order valence-electron chi connectivity index (χ2n) is 8.69. The average molecular weight is 447 g/mol. The molecule has 0 radical (unpaired) electrons. The number of benzene rings is 1. The van der Waals surface area contributed by atoms with Gasteiger partial charge in [0.1, 0.15) is 18.0 Å². The summed E-state index contributed by atoms with van der Waals surface area (Å²) in [5.41, 5.74) is 2.48. The maximum Gasteiger partial charge on any atom is 0.257 e. The maximum atomic E-state index is 13.2. The molecule has 0 atom stereocenters. The number of piperazine rings is 2. The van der Waals surface area contributed by atoms with Crippen LogP contribution in [0.5, 0.6) is 0 Å². The Bertz CT molecular complexity index is 1100. The van der Waals surface area contributed by atoms with Crippen LogP contribution < -0.4 is 9.80 Å². The first-order valence-electron chi connectivity index (χ1n) is 11.5. The minimum absolute atomic E-state index is 0.0372. The molecule has 4 heterocycles. The van der Waals surface area contributed by atoms with Crippen molar-refractivity contribution >= 4 is 17.5 Å². The highest BCUT2D eigenvalue weighted by Gasteiger charge is 2.26. The summed E-state index contributed by atoms with van der Waals surface area (Å²) in [6.45, 7) is 8.79. The average Bonchev–Trinajstić information content (AvgIpc) is 3.26. The maximum absolute atomic E-state index is 13.2. The van der Waals surface area contributed by atoms with Crippen LogP contribution >= 0.6 is 0 Å². The fraction of sp³-hybridized carbons (Fsp3) is 0.417. The molecule has 2 aromatic heterocycles. The van der Waals surface area contributed by atoms with E-state index >= 15 is 0 Å². The lowest BCUT2D eigenvalue weighted by atomic mass is 10.2. The molecule has 0 spiro atoms. The minimum atomic E-state index is 0.0372. The van der Waals surface area contributed by atoms with E-state index in [1.54, 1.807) is 12.5 Å². The molecule has 2 aliphatic rings. The number of hydrogen-bond donors (Lipinski definition) is 0. The van der Waals surface area contributed by atoms with Crippen molar-refractivity contribution in [3.8, 4) is 5.69 Å². The molecular formula is C24H30N8O. The first-order chi connectivity index (χ1) is 16.1. The Morgan fingerprint density at radius 1 is 0.848 bits per heavy atom. The summed E-state index contributed by atoms with van der Waals surface area (Å²) in [5.74, 6) is 1.95. The van der Waals surface area contributed by atoms with Gasteiger partial charge in [0.05, 0.1) is 23.1 Å². The van der Waals surface area contributed by atoms with E-state index in [1.165, 1.54) is 0 Å². The highest BCUT2D eigenvalue weighted by molar-refractivity contribution is 5.95. The highest BCUT2D eigenvalue weighted by Crippen LogP contribution is 2.21. The molecule has 1 aromatic carbocycles. The Morgan fingerprint density at radius 3 is 2.09 bits per heavy atom. The van der Waals surface area contributed by atoms with Crippen molar-refractivity contribution in [3.05, 3.63) is 60.2 Å². The van der Waals surface area contributed by atoms with Crippen LogP contribution in [0.1, 0.15) is 16.1 Å². The number of aromatic nitrogens is 4. The molecule has 2 saturated heterocycles. The number of likely N-dealkylation sites (N-methyl/N-ethyl adjacent to an activating group) is 1. The van der Waals surface area contributed by atoms with E-state index in [2.05, 4.69) is 42.9 Å². The molecule has 0 N–H and O–H groups in total. The summed E-state index contributed by atoms with van der Waals surface area (Å²) in [4.78, 5) is 31.0. The van der Waals surface area contributed by atoms with Gasteiger partial charge in [-0.15, -0.1) is 0 Å². The van der Waals surface area contributed by atoms with Crippen LogP contribution in [0.3, 0.4) is 0 Å². The molecule has 2 fully saturated rings. The van der Waals surface area contributed by atoms with Crippen molar-refractivity contribution in [2.75, 3.05) is 69.2 Å². The van der Waals surface area contributed by atoms with Gasteiger partial charge in [0.25, 0.3) is 5.91 Å². The van der Waals surface area contributed by atoms with E-state index in [4.69, 9.17) is 0 Å². The smallest absolute Gasteiger partial charge is 0.257 e. The van der Waals surface area contributed by atoms with Crippen LogP contribution in [0.25, 0.3) is 5.69 Å². The van der Waals surface area contributed by atoms with E-state index in [0.717, 1.165) is 62.3 Å². The molecule has 3 aromatic rings. The van der Waals surface area contributed by atoms with Crippen LogP contribution in [0.15, 0.2) is 48.9 Å². The van der Waals surface area contributed by atoms with Crippen LogP contribution in [0.4, 0.5) is 11.6 Å². The second-order valence-corrected chi connectivity index (χ2v) is 8.69. The number of carbonyl (C=O) groups is 1. The summed E-state index contributed by atoms with van der Waals surface area (Å²) in [7, 11) is 2.15. The van der Waals surface area contributed by atoms with Crippen molar-refractivity contribution in [2.45, 2.75) is 6.92 Å². The number of anilines is 2. The molecule has 5 rings (SSSR count). The number of carbonyl (C=O) groups excluding carboxylic acids is 1. The Balaban J connectivity index is 1.23. The number of para-hydroxylation sites is 1. The van der Waals surface area contributed by atoms with Gasteiger partial charge in [0.15, 0.2) is 0 Å². The monoisotopic (exact) mass is 446 g/mol. The van der Waals surface area contributed by atoms with E-state index in [0.29, 0.717) is 18.7 Å². The molecule has 0 saturated carbocycles. The third-order valence-corrected chi connectivity index (χ3v) is 6.60.